The number of aryl methyl sites for hydroxylation is 1. The number of nitrogens with one attached hydrogen (secondary N) is 4. The van der Waals surface area contributed by atoms with E-state index in [9.17, 15) is 24.0 Å². The molecule has 3 heterocycles. The summed E-state index contributed by atoms with van der Waals surface area (Å²) in [5.74, 6) is -1.03. The lowest BCUT2D eigenvalue weighted by Crippen LogP contribution is -2.28. The number of Topliss-reactive ketones (excluding diaryl/α,β-unsaturated/α-hetero) is 2. The monoisotopic (exact) mass is 799 g/mol. The van der Waals surface area contributed by atoms with Gasteiger partial charge in [0.25, 0.3) is 0 Å². The first-order chi connectivity index (χ1) is 28.0. The molecular formula is C44H45N7O6S. The van der Waals surface area contributed by atoms with E-state index in [0.29, 0.717) is 39.6 Å². The van der Waals surface area contributed by atoms with Crippen molar-refractivity contribution >= 4 is 63.3 Å². The Bertz CT molecular complexity index is 2380. The summed E-state index contributed by atoms with van der Waals surface area (Å²) in [5, 5.41) is 10.5. The summed E-state index contributed by atoms with van der Waals surface area (Å²) in [6, 6.07) is 15.1. The van der Waals surface area contributed by atoms with Crippen LogP contribution in [0.1, 0.15) is 70.7 Å². The van der Waals surface area contributed by atoms with Crippen molar-refractivity contribution in [1.29, 1.82) is 0 Å². The van der Waals surface area contributed by atoms with Gasteiger partial charge in [-0.05, 0) is 105 Å². The number of carbonyl (C=O) groups excluding carboxylic acids is 5. The number of urea groups is 1. The van der Waals surface area contributed by atoms with Crippen molar-refractivity contribution in [1.82, 2.24) is 25.2 Å². The third-order valence-electron chi connectivity index (χ3n) is 9.80. The zero-order valence-electron chi connectivity index (χ0n) is 32.8. The number of aromatic nitrogens is 3. The Morgan fingerprint density at radius 2 is 1.72 bits per heavy atom. The van der Waals surface area contributed by atoms with Gasteiger partial charge in [-0.25, -0.2) is 14.6 Å². The number of esters is 1. The molecule has 14 heteroatoms. The summed E-state index contributed by atoms with van der Waals surface area (Å²) in [4.78, 5) is 78.1. The minimum absolute atomic E-state index is 0.0578. The van der Waals surface area contributed by atoms with Crippen molar-refractivity contribution in [3.05, 3.63) is 124 Å². The van der Waals surface area contributed by atoms with E-state index in [1.54, 1.807) is 60.9 Å². The van der Waals surface area contributed by atoms with E-state index in [-0.39, 0.29) is 30.3 Å². The van der Waals surface area contributed by atoms with Crippen LogP contribution in [0.3, 0.4) is 0 Å². The van der Waals surface area contributed by atoms with Crippen molar-refractivity contribution in [2.75, 3.05) is 30.3 Å². The number of thiazole rings is 1. The lowest BCUT2D eigenvalue weighted by atomic mass is 10.00. The molecule has 3 amide bonds. The number of fused-ring (bicyclic) bond motifs is 1. The minimum atomic E-state index is -0.752. The standard InChI is InChI=1S/C44H45N7O6S/c1-5-51(6-2)21-7-8-38(52)42-27(3)36(47-28(42)4)24-35-34-23-32(12-11-31(34)22-39(35)53)48-40(54)15-16-41(55)57-33-13-9-29(10-14-33)25-46-43(56)50-44-49-37(26-58-44)30-17-19-45-20-18-30/h9-20,23-24,26,47H,5-8,21-22,25H2,1-4H3,(H,48,54)(H2,46,49,50,56)/b16-15-,35-24-. The summed E-state index contributed by atoms with van der Waals surface area (Å²) in [6.45, 7) is 11.0. The lowest BCUT2D eigenvalue weighted by Gasteiger charge is -2.17. The van der Waals surface area contributed by atoms with Crippen molar-refractivity contribution in [2.45, 2.75) is 53.5 Å². The number of anilines is 2. The third-order valence-corrected chi connectivity index (χ3v) is 10.6. The van der Waals surface area contributed by atoms with E-state index < -0.39 is 17.9 Å². The molecule has 0 saturated heterocycles. The maximum Gasteiger partial charge on any atom is 0.336 e. The molecule has 1 aliphatic carbocycles. The average Bonchev–Trinajstić information content (AvgIpc) is 3.89. The van der Waals surface area contributed by atoms with E-state index in [2.05, 4.69) is 49.6 Å². The Morgan fingerprint density at radius 1 is 0.966 bits per heavy atom. The van der Waals surface area contributed by atoms with Gasteiger partial charge < -0.3 is 25.3 Å². The van der Waals surface area contributed by atoms with Gasteiger partial charge in [0.05, 0.1) is 5.69 Å². The summed E-state index contributed by atoms with van der Waals surface area (Å²) >= 11 is 1.31. The zero-order valence-corrected chi connectivity index (χ0v) is 33.6. The van der Waals surface area contributed by atoms with Crippen LogP contribution in [0.4, 0.5) is 15.6 Å². The molecule has 298 valence electrons. The SMILES string of the molecule is CCN(CC)CCCC(=O)c1c(C)[nH]c(/C=C2\C(=O)Cc3ccc(NC(=O)/C=C\C(=O)Oc4ccc(CNC(=O)Nc5nc(-c6ccncc6)cs5)cc4)cc32)c1C. The van der Waals surface area contributed by atoms with Crippen LogP contribution >= 0.6 is 11.3 Å². The summed E-state index contributed by atoms with van der Waals surface area (Å²) in [5.41, 5.74) is 7.82. The number of ether oxygens (including phenoxy) is 1. The van der Waals surface area contributed by atoms with Crippen LogP contribution in [0.5, 0.6) is 5.75 Å². The molecule has 5 aromatic rings. The molecular weight excluding hydrogens is 755 g/mol. The molecule has 0 spiro atoms. The first kappa shape index (κ1) is 41.1. The van der Waals surface area contributed by atoms with E-state index >= 15 is 0 Å². The Kier molecular flexibility index (Phi) is 13.5. The molecule has 0 radical (unpaired) electrons. The highest BCUT2D eigenvalue weighted by Gasteiger charge is 2.26. The molecule has 0 atom stereocenters. The number of benzene rings is 2. The zero-order chi connectivity index (χ0) is 41.2. The van der Waals surface area contributed by atoms with E-state index in [4.69, 9.17) is 4.74 Å². The van der Waals surface area contributed by atoms with Gasteiger partial charge in [-0.15, -0.1) is 11.3 Å². The van der Waals surface area contributed by atoms with Crippen LogP contribution < -0.4 is 20.7 Å². The summed E-state index contributed by atoms with van der Waals surface area (Å²) in [6.07, 6.45) is 8.69. The Labute approximate surface area is 340 Å². The highest BCUT2D eigenvalue weighted by atomic mass is 32.1. The fraction of sp³-hybridized carbons (Fsp3) is 0.250. The smallest absolute Gasteiger partial charge is 0.336 e. The number of carbonyl (C=O) groups is 5. The van der Waals surface area contributed by atoms with Crippen LogP contribution in [0.25, 0.3) is 22.9 Å². The van der Waals surface area contributed by atoms with Gasteiger partial charge in [0.1, 0.15) is 5.75 Å². The first-order valence-corrected chi connectivity index (χ1v) is 19.9. The van der Waals surface area contributed by atoms with E-state index in [0.717, 1.165) is 71.8 Å². The van der Waals surface area contributed by atoms with Gasteiger partial charge in [0, 0.05) is 83.1 Å². The van der Waals surface area contributed by atoms with Crippen LogP contribution in [0.2, 0.25) is 0 Å². The molecule has 0 saturated carbocycles. The normalized spacial score (nSPS) is 12.9. The number of rotatable bonds is 16. The highest BCUT2D eigenvalue weighted by molar-refractivity contribution is 7.14. The number of pyridine rings is 1. The van der Waals surface area contributed by atoms with Crippen LogP contribution in [-0.2, 0) is 27.3 Å². The predicted molar refractivity (Wildman–Crippen MR) is 226 cm³/mol. The topological polar surface area (TPSA) is 175 Å². The second-order valence-electron chi connectivity index (χ2n) is 13.7. The molecule has 0 unspecified atom stereocenters. The van der Waals surface area contributed by atoms with Crippen LogP contribution in [-0.4, -0.2) is 69.0 Å². The number of allylic oxidation sites excluding steroid dienone is 1. The Morgan fingerprint density at radius 3 is 2.47 bits per heavy atom. The van der Waals surface area contributed by atoms with Gasteiger partial charge in [0.15, 0.2) is 16.7 Å². The fourth-order valence-electron chi connectivity index (χ4n) is 6.71. The van der Waals surface area contributed by atoms with E-state index in [1.165, 1.54) is 11.3 Å². The van der Waals surface area contributed by atoms with Gasteiger partial charge >= 0.3 is 12.0 Å². The molecule has 4 N–H and O–H groups in total. The van der Waals surface area contributed by atoms with E-state index in [1.807, 2.05) is 31.4 Å². The quantitative estimate of drug-likeness (QED) is 0.0340. The molecule has 58 heavy (non-hydrogen) atoms. The number of ketones is 2. The summed E-state index contributed by atoms with van der Waals surface area (Å²) in [7, 11) is 0. The summed E-state index contributed by atoms with van der Waals surface area (Å²) < 4.78 is 5.34. The third kappa shape index (κ3) is 10.5. The number of hydrogen-bond acceptors (Lipinski definition) is 10. The lowest BCUT2D eigenvalue weighted by molar-refractivity contribution is -0.129. The molecule has 0 fully saturated rings. The maximum atomic E-state index is 13.2. The van der Waals surface area contributed by atoms with Crippen LogP contribution in [0, 0.1) is 13.8 Å². The maximum absolute atomic E-state index is 13.2. The van der Waals surface area contributed by atoms with Gasteiger partial charge in [0.2, 0.25) is 5.91 Å². The van der Waals surface area contributed by atoms with Gasteiger partial charge in [-0.1, -0.05) is 32.0 Å². The second-order valence-corrected chi connectivity index (χ2v) is 14.6. The number of H-pyrrole nitrogens is 1. The predicted octanol–water partition coefficient (Wildman–Crippen LogP) is 7.54. The molecule has 1 aliphatic rings. The molecule has 0 bridgehead atoms. The first-order valence-electron chi connectivity index (χ1n) is 19.0. The fourth-order valence-corrected chi connectivity index (χ4v) is 7.42. The number of amides is 3. The average molecular weight is 800 g/mol. The Balaban J connectivity index is 0.992. The number of aromatic amines is 1. The van der Waals surface area contributed by atoms with Crippen LogP contribution in [0.15, 0.2) is 84.5 Å². The highest BCUT2D eigenvalue weighted by Crippen LogP contribution is 2.34. The van der Waals surface area contributed by atoms with Crippen molar-refractivity contribution < 1.29 is 28.7 Å². The van der Waals surface area contributed by atoms with Gasteiger partial charge in [-0.2, -0.15) is 0 Å². The number of hydrogen-bond donors (Lipinski definition) is 4. The largest absolute Gasteiger partial charge is 0.423 e. The molecule has 13 nitrogen and oxygen atoms in total. The second kappa shape index (κ2) is 19.1. The molecule has 3 aromatic heterocycles. The van der Waals surface area contributed by atoms with Crippen molar-refractivity contribution in [3.63, 3.8) is 0 Å². The van der Waals surface area contributed by atoms with Crippen molar-refractivity contribution in [2.24, 2.45) is 0 Å². The molecule has 2 aromatic carbocycles. The van der Waals surface area contributed by atoms with Crippen molar-refractivity contribution in [3.8, 4) is 17.0 Å². The molecule has 0 aliphatic heterocycles. The number of nitrogens with zero attached hydrogens (tertiary/aromatic N) is 3. The van der Waals surface area contributed by atoms with Gasteiger partial charge in [-0.3, -0.25) is 24.7 Å². The molecule has 6 rings (SSSR count). The minimum Gasteiger partial charge on any atom is -0.423 e. The Hall–Kier alpha value is -6.51.